The Kier molecular flexibility index (Phi) is 7.04. The molecule has 60 heavy (non-hydrogen) atoms. The molecule has 0 radical (unpaired) electrons. The van der Waals surface area contributed by atoms with Crippen LogP contribution < -0.4 is 0 Å². The van der Waals surface area contributed by atoms with E-state index in [0.29, 0.717) is 0 Å². The van der Waals surface area contributed by atoms with E-state index in [4.69, 9.17) is 0 Å². The third kappa shape index (κ3) is 4.67. The molecule has 1 heterocycles. The molecule has 1 aromatic heterocycles. The number of fused-ring (bicyclic) bond motifs is 12. The van der Waals surface area contributed by atoms with Crippen LogP contribution in [0.25, 0.3) is 119 Å². The molecule has 0 saturated carbocycles. The first kappa shape index (κ1) is 33.9. The highest BCUT2D eigenvalue weighted by atomic mass is 32.1. The predicted octanol–water partition coefficient (Wildman–Crippen LogP) is 17.1. The lowest BCUT2D eigenvalue weighted by Gasteiger charge is -2.21. The first-order chi connectivity index (χ1) is 29.5. The van der Waals surface area contributed by atoms with Crippen molar-refractivity contribution >= 4 is 85.4 Å². The van der Waals surface area contributed by atoms with E-state index in [9.17, 15) is 0 Å². The summed E-state index contributed by atoms with van der Waals surface area (Å²) in [5.41, 5.74) is 13.2. The van der Waals surface area contributed by atoms with Gasteiger partial charge in [0.1, 0.15) is 0 Å². The van der Waals surface area contributed by atoms with E-state index >= 15 is 0 Å². The summed E-state index contributed by atoms with van der Waals surface area (Å²) in [6.45, 7) is 4.76. The van der Waals surface area contributed by atoms with Crippen molar-refractivity contribution in [2.45, 2.75) is 19.3 Å². The highest BCUT2D eigenvalue weighted by Gasteiger charge is 2.36. The summed E-state index contributed by atoms with van der Waals surface area (Å²) in [6, 6.07) is 73.0. The zero-order valence-corrected chi connectivity index (χ0v) is 34.2. The first-order valence-electron chi connectivity index (χ1n) is 21.0. The van der Waals surface area contributed by atoms with Crippen LogP contribution in [0, 0.1) is 0 Å². The second-order valence-corrected chi connectivity index (χ2v) is 18.2. The number of hydrogen-bond acceptors (Lipinski definition) is 1. The fourth-order valence-electron chi connectivity index (χ4n) is 10.9. The molecular formula is C59H38S. The number of hydrogen-bond donors (Lipinski definition) is 0. The minimum atomic E-state index is -0.0302. The van der Waals surface area contributed by atoms with Gasteiger partial charge >= 0.3 is 0 Å². The predicted molar refractivity (Wildman–Crippen MR) is 261 cm³/mol. The molecule has 13 rings (SSSR count). The zero-order chi connectivity index (χ0) is 39.7. The molecule has 0 bridgehead atoms. The second-order valence-electron chi connectivity index (χ2n) is 17.1. The Bertz CT molecular complexity index is 3750. The summed E-state index contributed by atoms with van der Waals surface area (Å²) in [5.74, 6) is 0. The van der Waals surface area contributed by atoms with Gasteiger partial charge in [0, 0.05) is 25.6 Å². The Morgan fingerprint density at radius 3 is 1.58 bits per heavy atom. The Labute approximate surface area is 352 Å². The van der Waals surface area contributed by atoms with Gasteiger partial charge in [-0.1, -0.05) is 184 Å². The number of rotatable bonds is 3. The molecule has 1 heteroatoms. The lowest BCUT2D eigenvalue weighted by atomic mass is 9.82. The second kappa shape index (κ2) is 12.5. The minimum absolute atomic E-state index is 0.0302. The SMILES string of the molecule is CC1(C)c2ccccc2-c2cc3c(cc21)sc1cc(-c2ccc(-c4c5ccccc5c(-c5ccc6ccccc6c5)c5ccccc45)c4ccccc24)c2ccccc2c13. The molecule has 12 aromatic rings. The van der Waals surface area contributed by atoms with E-state index in [-0.39, 0.29) is 5.41 Å². The maximum absolute atomic E-state index is 2.49. The molecule has 0 unspecified atom stereocenters. The molecule has 0 nitrogen and oxygen atoms in total. The van der Waals surface area contributed by atoms with Gasteiger partial charge in [0.25, 0.3) is 0 Å². The average Bonchev–Trinajstić information content (AvgIpc) is 3.77. The van der Waals surface area contributed by atoms with Crippen LogP contribution in [0.1, 0.15) is 25.0 Å². The summed E-state index contributed by atoms with van der Waals surface area (Å²) in [4.78, 5) is 0. The number of benzene rings is 11. The fraction of sp³-hybridized carbons (Fsp3) is 0.0508. The monoisotopic (exact) mass is 778 g/mol. The molecule has 0 amide bonds. The summed E-state index contributed by atoms with van der Waals surface area (Å²) in [5, 5.41) is 15.5. The molecule has 0 spiro atoms. The average molecular weight is 779 g/mol. The van der Waals surface area contributed by atoms with Crippen LogP contribution in [-0.4, -0.2) is 0 Å². The Morgan fingerprint density at radius 1 is 0.317 bits per heavy atom. The van der Waals surface area contributed by atoms with Crippen LogP contribution in [0.3, 0.4) is 0 Å². The zero-order valence-electron chi connectivity index (χ0n) is 33.4. The minimum Gasteiger partial charge on any atom is -0.135 e. The van der Waals surface area contributed by atoms with Crippen molar-refractivity contribution in [2.24, 2.45) is 0 Å². The Hall–Kier alpha value is -7.06. The molecule has 1 aliphatic carbocycles. The smallest absolute Gasteiger partial charge is 0.0368 e. The summed E-state index contributed by atoms with van der Waals surface area (Å²) in [6.07, 6.45) is 0. The van der Waals surface area contributed by atoms with Gasteiger partial charge in [-0.05, 0) is 134 Å². The van der Waals surface area contributed by atoms with Crippen LogP contribution in [0.4, 0.5) is 0 Å². The fourth-order valence-corrected chi connectivity index (χ4v) is 12.1. The molecule has 0 aliphatic heterocycles. The molecule has 0 atom stereocenters. The van der Waals surface area contributed by atoms with Crippen molar-refractivity contribution in [3.63, 3.8) is 0 Å². The summed E-state index contributed by atoms with van der Waals surface area (Å²) >= 11 is 1.94. The van der Waals surface area contributed by atoms with E-state index in [2.05, 4.69) is 208 Å². The molecule has 1 aliphatic rings. The van der Waals surface area contributed by atoms with Gasteiger partial charge in [-0.15, -0.1) is 11.3 Å². The van der Waals surface area contributed by atoms with Crippen molar-refractivity contribution in [3.05, 3.63) is 205 Å². The van der Waals surface area contributed by atoms with Crippen molar-refractivity contribution in [1.29, 1.82) is 0 Å². The van der Waals surface area contributed by atoms with Gasteiger partial charge < -0.3 is 0 Å². The topological polar surface area (TPSA) is 0 Å². The summed E-state index contributed by atoms with van der Waals surface area (Å²) in [7, 11) is 0. The first-order valence-corrected chi connectivity index (χ1v) is 21.8. The lowest BCUT2D eigenvalue weighted by molar-refractivity contribution is 0.661. The van der Waals surface area contributed by atoms with E-state index < -0.39 is 0 Å². The molecule has 0 N–H and O–H groups in total. The highest BCUT2D eigenvalue weighted by Crippen LogP contribution is 2.53. The molecule has 0 fully saturated rings. The van der Waals surface area contributed by atoms with Crippen LogP contribution in [0.15, 0.2) is 194 Å². The lowest BCUT2D eigenvalue weighted by Crippen LogP contribution is -2.14. The van der Waals surface area contributed by atoms with Crippen molar-refractivity contribution in [2.75, 3.05) is 0 Å². The van der Waals surface area contributed by atoms with Gasteiger partial charge in [-0.2, -0.15) is 0 Å². The van der Waals surface area contributed by atoms with Crippen LogP contribution in [0.2, 0.25) is 0 Å². The third-order valence-electron chi connectivity index (χ3n) is 13.6. The van der Waals surface area contributed by atoms with E-state index in [1.54, 1.807) is 0 Å². The maximum Gasteiger partial charge on any atom is 0.0368 e. The van der Waals surface area contributed by atoms with Gasteiger partial charge in [-0.3, -0.25) is 0 Å². The van der Waals surface area contributed by atoms with E-state index in [0.717, 1.165) is 0 Å². The van der Waals surface area contributed by atoms with E-state index in [1.807, 2.05) is 11.3 Å². The number of thiophene rings is 1. The maximum atomic E-state index is 2.49. The van der Waals surface area contributed by atoms with Crippen LogP contribution in [-0.2, 0) is 5.41 Å². The standard InChI is InChI=1S/C59H38S/c1-59(2)52-26-14-13-20-42(52)50-32-51-54(34-53(50)59)60-55-33-49(40-19-7-8-21-43(40)58(51)55)41-29-30-48(39-18-6-5-17-38(39)41)57-46-24-11-9-22-44(46)56(45-23-10-12-25-47(45)57)37-28-27-35-15-3-4-16-36(35)31-37/h3-34H,1-2H3. The van der Waals surface area contributed by atoms with Gasteiger partial charge in [0.2, 0.25) is 0 Å². The normalized spacial score (nSPS) is 13.3. The van der Waals surface area contributed by atoms with Gasteiger partial charge in [0.15, 0.2) is 0 Å². The molecule has 0 saturated heterocycles. The molecule has 11 aromatic carbocycles. The van der Waals surface area contributed by atoms with Crippen LogP contribution >= 0.6 is 11.3 Å². The quantitative estimate of drug-likeness (QED) is 0.157. The van der Waals surface area contributed by atoms with E-state index in [1.165, 1.54) is 130 Å². The van der Waals surface area contributed by atoms with Crippen molar-refractivity contribution in [3.8, 4) is 44.5 Å². The van der Waals surface area contributed by atoms with Crippen LogP contribution in [0.5, 0.6) is 0 Å². The van der Waals surface area contributed by atoms with Gasteiger partial charge in [-0.25, -0.2) is 0 Å². The Morgan fingerprint density at radius 2 is 0.867 bits per heavy atom. The van der Waals surface area contributed by atoms with Crippen molar-refractivity contribution in [1.82, 2.24) is 0 Å². The molecule has 280 valence electrons. The highest BCUT2D eigenvalue weighted by molar-refractivity contribution is 7.26. The third-order valence-corrected chi connectivity index (χ3v) is 14.7. The van der Waals surface area contributed by atoms with Crippen molar-refractivity contribution < 1.29 is 0 Å². The van der Waals surface area contributed by atoms with Gasteiger partial charge in [0.05, 0.1) is 0 Å². The Balaban J connectivity index is 1.05. The summed E-state index contributed by atoms with van der Waals surface area (Å²) < 4.78 is 2.70. The largest absolute Gasteiger partial charge is 0.135 e. The molecular weight excluding hydrogens is 741 g/mol.